The summed E-state index contributed by atoms with van der Waals surface area (Å²) >= 11 is 0. The number of benzene rings is 2. The molecule has 17 heavy (non-hydrogen) atoms. The van der Waals surface area contributed by atoms with Crippen molar-refractivity contribution in [1.29, 1.82) is 0 Å². The lowest BCUT2D eigenvalue weighted by atomic mass is 10.0. The number of nitrogens with zero attached hydrogens (tertiary/aromatic N) is 2. The van der Waals surface area contributed by atoms with Gasteiger partial charge in [0.2, 0.25) is 0 Å². The van der Waals surface area contributed by atoms with E-state index in [9.17, 15) is 0 Å². The molecule has 4 heteroatoms. The Bertz CT molecular complexity index is 652. The zero-order valence-corrected chi connectivity index (χ0v) is 9.22. The van der Waals surface area contributed by atoms with E-state index in [2.05, 4.69) is 33.4 Å². The molecule has 0 amide bonds. The van der Waals surface area contributed by atoms with Crippen LogP contribution in [0.15, 0.2) is 42.5 Å². The van der Waals surface area contributed by atoms with E-state index in [0.717, 1.165) is 10.9 Å². The van der Waals surface area contributed by atoms with Crippen LogP contribution in [-0.4, -0.2) is 15.2 Å². The first kappa shape index (κ1) is 9.99. The molecule has 1 aromatic heterocycles. The first-order valence-electron chi connectivity index (χ1n) is 5.48. The molecule has 0 aliphatic rings. The van der Waals surface area contributed by atoms with Gasteiger partial charge >= 0.3 is 0 Å². The molecule has 0 bridgehead atoms. The summed E-state index contributed by atoms with van der Waals surface area (Å²) in [5.74, 6) is 1.40. The van der Waals surface area contributed by atoms with Gasteiger partial charge in [-0.3, -0.25) is 5.10 Å². The maximum Gasteiger partial charge on any atom is 0.181 e. The van der Waals surface area contributed by atoms with Crippen LogP contribution < -0.4 is 5.73 Å². The van der Waals surface area contributed by atoms with Crippen molar-refractivity contribution in [2.45, 2.75) is 6.54 Å². The highest BCUT2D eigenvalue weighted by molar-refractivity contribution is 5.94. The highest BCUT2D eigenvalue weighted by Gasteiger charge is 2.08. The largest absolute Gasteiger partial charge is 0.324 e. The number of hydrogen-bond donors (Lipinski definition) is 2. The second-order valence-corrected chi connectivity index (χ2v) is 3.84. The fourth-order valence-corrected chi connectivity index (χ4v) is 1.93. The summed E-state index contributed by atoms with van der Waals surface area (Å²) in [6.07, 6.45) is 0. The van der Waals surface area contributed by atoms with Gasteiger partial charge in [0, 0.05) is 5.56 Å². The van der Waals surface area contributed by atoms with Crippen LogP contribution >= 0.6 is 0 Å². The normalized spacial score (nSPS) is 10.9. The third kappa shape index (κ3) is 1.68. The lowest BCUT2D eigenvalue weighted by Crippen LogP contribution is -1.97. The van der Waals surface area contributed by atoms with Gasteiger partial charge in [0.1, 0.15) is 5.82 Å². The van der Waals surface area contributed by atoms with Crippen molar-refractivity contribution in [3.63, 3.8) is 0 Å². The van der Waals surface area contributed by atoms with E-state index in [0.29, 0.717) is 18.2 Å². The molecule has 3 N–H and O–H groups in total. The number of aromatic amines is 1. The van der Waals surface area contributed by atoms with Gasteiger partial charge in [-0.05, 0) is 10.8 Å². The van der Waals surface area contributed by atoms with Crippen LogP contribution in [0.3, 0.4) is 0 Å². The van der Waals surface area contributed by atoms with E-state index in [4.69, 9.17) is 5.73 Å². The molecule has 0 aliphatic heterocycles. The predicted molar refractivity (Wildman–Crippen MR) is 67.2 cm³/mol. The van der Waals surface area contributed by atoms with E-state index >= 15 is 0 Å². The smallest absolute Gasteiger partial charge is 0.181 e. The fourth-order valence-electron chi connectivity index (χ4n) is 1.93. The van der Waals surface area contributed by atoms with Gasteiger partial charge < -0.3 is 5.73 Å². The summed E-state index contributed by atoms with van der Waals surface area (Å²) in [5, 5.41) is 9.36. The molecule has 3 rings (SSSR count). The summed E-state index contributed by atoms with van der Waals surface area (Å²) in [6, 6.07) is 14.3. The third-order valence-electron chi connectivity index (χ3n) is 2.76. The molecule has 0 spiro atoms. The Balaban J connectivity index is 2.23. The standard InChI is InChI=1S/C13H12N4/c14-8-12-15-13(17-16-12)11-7-3-5-9-4-1-2-6-10(9)11/h1-7H,8,14H2,(H,15,16,17). The quantitative estimate of drug-likeness (QED) is 0.700. The lowest BCUT2D eigenvalue weighted by Gasteiger charge is -2.01. The van der Waals surface area contributed by atoms with E-state index < -0.39 is 0 Å². The van der Waals surface area contributed by atoms with Crippen LogP contribution in [0.1, 0.15) is 5.82 Å². The van der Waals surface area contributed by atoms with Gasteiger partial charge in [0.15, 0.2) is 5.82 Å². The number of nitrogens with one attached hydrogen (secondary N) is 1. The Hall–Kier alpha value is -2.20. The molecule has 0 fully saturated rings. The van der Waals surface area contributed by atoms with Gasteiger partial charge in [-0.1, -0.05) is 42.5 Å². The topological polar surface area (TPSA) is 67.6 Å². The van der Waals surface area contributed by atoms with Crippen molar-refractivity contribution in [2.75, 3.05) is 0 Å². The minimum atomic E-state index is 0.373. The number of aromatic nitrogens is 3. The average Bonchev–Trinajstić information content (AvgIpc) is 2.87. The van der Waals surface area contributed by atoms with Crippen LogP contribution in [0.2, 0.25) is 0 Å². The maximum atomic E-state index is 5.52. The molecule has 0 atom stereocenters. The predicted octanol–water partition coefficient (Wildman–Crippen LogP) is 2.08. The van der Waals surface area contributed by atoms with Gasteiger partial charge in [-0.15, -0.1) is 0 Å². The number of nitrogens with two attached hydrogens (primary N) is 1. The lowest BCUT2D eigenvalue weighted by molar-refractivity contribution is 0.917. The SMILES string of the molecule is NCc1nc(-c2cccc3ccccc23)n[nH]1. The Morgan fingerprint density at radius 2 is 1.88 bits per heavy atom. The van der Waals surface area contributed by atoms with E-state index in [1.807, 2.05) is 24.3 Å². The van der Waals surface area contributed by atoms with E-state index in [1.54, 1.807) is 0 Å². The monoisotopic (exact) mass is 224 g/mol. The highest BCUT2D eigenvalue weighted by Crippen LogP contribution is 2.25. The average molecular weight is 224 g/mol. The van der Waals surface area contributed by atoms with Crippen LogP contribution in [-0.2, 0) is 6.54 Å². The first-order valence-corrected chi connectivity index (χ1v) is 5.48. The Labute approximate surface area is 98.5 Å². The van der Waals surface area contributed by atoms with Crippen LogP contribution in [0.4, 0.5) is 0 Å². The summed E-state index contributed by atoms with van der Waals surface area (Å²) in [5.41, 5.74) is 6.55. The molecule has 2 aromatic carbocycles. The molecule has 0 unspecified atom stereocenters. The molecule has 84 valence electrons. The van der Waals surface area contributed by atoms with Crippen molar-refractivity contribution >= 4 is 10.8 Å². The molecule has 1 heterocycles. The van der Waals surface area contributed by atoms with E-state index in [-0.39, 0.29) is 0 Å². The highest BCUT2D eigenvalue weighted by atomic mass is 15.2. The zero-order chi connectivity index (χ0) is 11.7. The van der Waals surface area contributed by atoms with Crippen molar-refractivity contribution in [3.05, 3.63) is 48.3 Å². The summed E-state index contributed by atoms with van der Waals surface area (Å²) in [6.45, 7) is 0.373. The van der Waals surface area contributed by atoms with Gasteiger partial charge in [0.05, 0.1) is 6.54 Å². The molecule has 0 aliphatic carbocycles. The van der Waals surface area contributed by atoms with Crippen molar-refractivity contribution in [3.8, 4) is 11.4 Å². The molecular weight excluding hydrogens is 212 g/mol. The summed E-state index contributed by atoms with van der Waals surface area (Å²) in [7, 11) is 0. The Morgan fingerprint density at radius 3 is 2.71 bits per heavy atom. The molecular formula is C13H12N4. The maximum absolute atomic E-state index is 5.52. The molecule has 4 nitrogen and oxygen atoms in total. The van der Waals surface area contributed by atoms with Crippen LogP contribution in [0.5, 0.6) is 0 Å². The van der Waals surface area contributed by atoms with Gasteiger partial charge in [-0.2, -0.15) is 5.10 Å². The van der Waals surface area contributed by atoms with E-state index in [1.165, 1.54) is 5.39 Å². The van der Waals surface area contributed by atoms with Gasteiger partial charge in [-0.25, -0.2) is 4.98 Å². The minimum absolute atomic E-state index is 0.373. The summed E-state index contributed by atoms with van der Waals surface area (Å²) < 4.78 is 0. The molecule has 0 saturated heterocycles. The van der Waals surface area contributed by atoms with Gasteiger partial charge in [0.25, 0.3) is 0 Å². The number of hydrogen-bond acceptors (Lipinski definition) is 3. The molecule has 3 aromatic rings. The van der Waals surface area contributed by atoms with Crippen LogP contribution in [0.25, 0.3) is 22.2 Å². The Kier molecular flexibility index (Phi) is 2.34. The number of rotatable bonds is 2. The third-order valence-corrected chi connectivity index (χ3v) is 2.76. The number of fused-ring (bicyclic) bond motifs is 1. The summed E-state index contributed by atoms with van der Waals surface area (Å²) in [4.78, 5) is 4.36. The van der Waals surface area contributed by atoms with Crippen LogP contribution in [0, 0.1) is 0 Å². The molecule has 0 radical (unpaired) electrons. The van der Waals surface area contributed by atoms with Crippen molar-refractivity contribution < 1.29 is 0 Å². The molecule has 0 saturated carbocycles. The number of H-pyrrole nitrogens is 1. The minimum Gasteiger partial charge on any atom is -0.324 e. The first-order chi connectivity index (χ1) is 8.38. The Morgan fingerprint density at radius 1 is 1.06 bits per heavy atom. The fraction of sp³-hybridized carbons (Fsp3) is 0.0769. The van der Waals surface area contributed by atoms with Crippen molar-refractivity contribution in [1.82, 2.24) is 15.2 Å². The second-order valence-electron chi connectivity index (χ2n) is 3.84. The zero-order valence-electron chi connectivity index (χ0n) is 9.22. The van der Waals surface area contributed by atoms with Crippen molar-refractivity contribution in [2.24, 2.45) is 5.73 Å². The second kappa shape index (κ2) is 3.99.